The quantitative estimate of drug-likeness (QED) is 0.407. The van der Waals surface area contributed by atoms with Gasteiger partial charge in [0, 0.05) is 34.7 Å². The fourth-order valence-corrected chi connectivity index (χ4v) is 4.31. The van der Waals surface area contributed by atoms with E-state index in [0.717, 1.165) is 17.4 Å². The first-order chi connectivity index (χ1) is 17.0. The lowest BCUT2D eigenvalue weighted by atomic mass is 9.93. The minimum Gasteiger partial charge on any atom is -0.497 e. The molecule has 1 aliphatic carbocycles. The van der Waals surface area contributed by atoms with Crippen molar-refractivity contribution in [3.8, 4) is 5.75 Å². The Labute approximate surface area is 202 Å². The zero-order chi connectivity index (χ0) is 24.4. The summed E-state index contributed by atoms with van der Waals surface area (Å²) in [6.07, 6.45) is 3.87. The van der Waals surface area contributed by atoms with Crippen molar-refractivity contribution in [2.75, 3.05) is 12.4 Å². The van der Waals surface area contributed by atoms with Crippen LogP contribution in [-0.4, -0.2) is 29.6 Å². The number of anilines is 1. The highest BCUT2D eigenvalue weighted by atomic mass is 16.5. The highest BCUT2D eigenvalue weighted by Gasteiger charge is 2.28. The topological polar surface area (TPSA) is 106 Å². The lowest BCUT2D eigenvalue weighted by Crippen LogP contribution is -2.22. The maximum atomic E-state index is 13.2. The van der Waals surface area contributed by atoms with Gasteiger partial charge in [0.05, 0.1) is 24.0 Å². The van der Waals surface area contributed by atoms with Crippen LogP contribution in [0.5, 0.6) is 5.75 Å². The van der Waals surface area contributed by atoms with E-state index < -0.39 is 0 Å². The van der Waals surface area contributed by atoms with Crippen molar-refractivity contribution in [1.29, 1.82) is 0 Å². The minimum absolute atomic E-state index is 0.235. The number of hydrazone groups is 1. The Morgan fingerprint density at radius 2 is 1.83 bits per heavy atom. The number of benzene rings is 2. The number of hydrogen-bond donors (Lipinski definition) is 2. The number of carbonyl (C=O) groups excluding carboxylic acids is 2. The Bertz CT molecular complexity index is 1450. The smallest absolute Gasteiger partial charge is 0.291 e. The highest BCUT2D eigenvalue weighted by Crippen LogP contribution is 2.31. The summed E-state index contributed by atoms with van der Waals surface area (Å²) in [4.78, 5) is 30.1. The van der Waals surface area contributed by atoms with Crippen molar-refractivity contribution in [3.05, 3.63) is 89.0 Å². The van der Waals surface area contributed by atoms with Crippen LogP contribution in [0.2, 0.25) is 0 Å². The minimum atomic E-state index is -0.350. The number of nitrogens with zero attached hydrogens (tertiary/aromatic N) is 2. The standard InChI is InChI=1S/C27H24N4O4/c1-16-23-20(30-31-26(32)18-11-13-19(34-2)14-12-18)8-4-10-22(23)35-25(16)27(33)29-21-9-3-6-17-7-5-15-28-24(17)21/h3,5-7,9,11-15H,4,8,10H2,1-2H3,(H,29,33)(H,31,32)/b30-20+. The molecule has 0 unspecified atom stereocenters. The number of pyridine rings is 1. The second-order valence-electron chi connectivity index (χ2n) is 8.27. The summed E-state index contributed by atoms with van der Waals surface area (Å²) < 4.78 is 11.1. The van der Waals surface area contributed by atoms with Crippen molar-refractivity contribution in [2.45, 2.75) is 26.2 Å². The summed E-state index contributed by atoms with van der Waals surface area (Å²) in [5.74, 6) is 0.932. The van der Waals surface area contributed by atoms with Gasteiger partial charge in [-0.25, -0.2) is 5.43 Å². The maximum absolute atomic E-state index is 13.2. The van der Waals surface area contributed by atoms with Crippen LogP contribution < -0.4 is 15.5 Å². The first-order valence-corrected chi connectivity index (χ1v) is 11.3. The lowest BCUT2D eigenvalue weighted by molar-refractivity contribution is 0.0953. The molecule has 8 nitrogen and oxygen atoms in total. The molecule has 0 fully saturated rings. The fraction of sp³-hybridized carbons (Fsp3) is 0.185. The van der Waals surface area contributed by atoms with Gasteiger partial charge in [-0.05, 0) is 56.2 Å². The van der Waals surface area contributed by atoms with E-state index in [1.807, 2.05) is 37.3 Å². The van der Waals surface area contributed by atoms with Gasteiger partial charge < -0.3 is 14.5 Å². The molecule has 0 radical (unpaired) electrons. The molecule has 2 N–H and O–H groups in total. The van der Waals surface area contributed by atoms with Crippen LogP contribution in [0.1, 0.15) is 50.6 Å². The van der Waals surface area contributed by atoms with Gasteiger partial charge in [0.1, 0.15) is 11.5 Å². The van der Waals surface area contributed by atoms with Crippen molar-refractivity contribution >= 4 is 34.1 Å². The zero-order valence-electron chi connectivity index (χ0n) is 19.4. The van der Waals surface area contributed by atoms with E-state index in [1.54, 1.807) is 37.6 Å². The summed E-state index contributed by atoms with van der Waals surface area (Å²) in [7, 11) is 1.57. The predicted octanol–water partition coefficient (Wildman–Crippen LogP) is 4.87. The van der Waals surface area contributed by atoms with Crippen molar-refractivity contribution in [3.63, 3.8) is 0 Å². The van der Waals surface area contributed by atoms with Gasteiger partial charge in [0.25, 0.3) is 11.8 Å². The number of methoxy groups -OCH3 is 1. The number of fused-ring (bicyclic) bond motifs is 2. The summed E-state index contributed by atoms with van der Waals surface area (Å²) >= 11 is 0. The van der Waals surface area contributed by atoms with Crippen LogP contribution in [0.4, 0.5) is 5.69 Å². The fourth-order valence-electron chi connectivity index (χ4n) is 4.31. The first-order valence-electron chi connectivity index (χ1n) is 11.3. The number of hydrogen-bond acceptors (Lipinski definition) is 6. The largest absolute Gasteiger partial charge is 0.497 e. The van der Waals surface area contributed by atoms with E-state index in [0.29, 0.717) is 52.4 Å². The molecule has 2 heterocycles. The zero-order valence-corrected chi connectivity index (χ0v) is 19.4. The van der Waals surface area contributed by atoms with Crippen LogP contribution in [0, 0.1) is 6.92 Å². The maximum Gasteiger partial charge on any atom is 0.291 e. The number of nitrogens with one attached hydrogen (secondary N) is 2. The van der Waals surface area contributed by atoms with Gasteiger partial charge in [-0.2, -0.15) is 5.10 Å². The molecule has 0 bridgehead atoms. The Kier molecular flexibility index (Phi) is 6.01. The molecule has 4 aromatic rings. The monoisotopic (exact) mass is 468 g/mol. The van der Waals surface area contributed by atoms with Crippen molar-refractivity contribution in [2.24, 2.45) is 5.10 Å². The van der Waals surface area contributed by atoms with E-state index in [2.05, 4.69) is 20.8 Å². The molecule has 5 rings (SSSR count). The second kappa shape index (κ2) is 9.42. The summed E-state index contributed by atoms with van der Waals surface area (Å²) in [5, 5.41) is 8.25. The number of furan rings is 1. The van der Waals surface area contributed by atoms with Crippen molar-refractivity contribution in [1.82, 2.24) is 10.4 Å². The van der Waals surface area contributed by atoms with Gasteiger partial charge in [-0.3, -0.25) is 14.6 Å². The number of aryl methyl sites for hydroxylation is 1. The molecule has 35 heavy (non-hydrogen) atoms. The lowest BCUT2D eigenvalue weighted by Gasteiger charge is -2.13. The van der Waals surface area contributed by atoms with E-state index in [4.69, 9.17) is 9.15 Å². The molecule has 0 spiro atoms. The third kappa shape index (κ3) is 4.38. The molecule has 0 atom stereocenters. The van der Waals surface area contributed by atoms with E-state index >= 15 is 0 Å². The van der Waals surface area contributed by atoms with Crippen molar-refractivity contribution < 1.29 is 18.7 Å². The molecule has 1 aliphatic rings. The second-order valence-corrected chi connectivity index (χ2v) is 8.27. The molecular weight excluding hydrogens is 444 g/mol. The first kappa shape index (κ1) is 22.3. The predicted molar refractivity (Wildman–Crippen MR) is 133 cm³/mol. The van der Waals surface area contributed by atoms with E-state index in [9.17, 15) is 9.59 Å². The average Bonchev–Trinajstić information content (AvgIpc) is 3.24. The Morgan fingerprint density at radius 3 is 2.63 bits per heavy atom. The van der Waals surface area contributed by atoms with Gasteiger partial charge in [-0.1, -0.05) is 18.2 Å². The number of para-hydroxylation sites is 1. The number of carbonyl (C=O) groups is 2. The van der Waals surface area contributed by atoms with E-state index in [-0.39, 0.29) is 17.6 Å². The van der Waals surface area contributed by atoms with Gasteiger partial charge >= 0.3 is 0 Å². The normalized spacial score (nSPS) is 13.9. The number of aromatic nitrogens is 1. The van der Waals surface area contributed by atoms with Gasteiger partial charge in [0.15, 0.2) is 5.76 Å². The molecule has 0 aliphatic heterocycles. The third-order valence-corrected chi connectivity index (χ3v) is 6.06. The molecule has 176 valence electrons. The average molecular weight is 469 g/mol. The van der Waals surface area contributed by atoms with E-state index in [1.165, 1.54) is 0 Å². The van der Waals surface area contributed by atoms with Crippen LogP contribution in [0.3, 0.4) is 0 Å². The Morgan fingerprint density at radius 1 is 1.03 bits per heavy atom. The van der Waals surface area contributed by atoms with Gasteiger partial charge in [-0.15, -0.1) is 0 Å². The van der Waals surface area contributed by atoms with Crippen LogP contribution >= 0.6 is 0 Å². The number of rotatable bonds is 5. The summed E-state index contributed by atoms with van der Waals surface area (Å²) in [5.41, 5.74) is 6.60. The molecule has 0 saturated heterocycles. The van der Waals surface area contributed by atoms with Crippen LogP contribution in [0.25, 0.3) is 10.9 Å². The number of ether oxygens (including phenoxy) is 1. The molecule has 2 aromatic heterocycles. The summed E-state index contributed by atoms with van der Waals surface area (Å²) in [6.45, 7) is 1.84. The molecule has 8 heteroatoms. The van der Waals surface area contributed by atoms with Gasteiger partial charge in [0.2, 0.25) is 0 Å². The molecular formula is C27H24N4O4. The number of amides is 2. The van der Waals surface area contributed by atoms with Crippen LogP contribution in [0.15, 0.2) is 70.3 Å². The highest BCUT2D eigenvalue weighted by molar-refractivity contribution is 6.11. The molecule has 0 saturated carbocycles. The SMILES string of the molecule is COc1ccc(C(=O)N/N=C2\CCCc3oc(C(=O)Nc4cccc5cccnc45)c(C)c32)cc1. The summed E-state index contributed by atoms with van der Waals surface area (Å²) in [6, 6.07) is 16.2. The molecule has 2 aromatic carbocycles. The molecule has 2 amide bonds. The van der Waals surface area contributed by atoms with Crippen LogP contribution in [-0.2, 0) is 6.42 Å². The Balaban J connectivity index is 1.38. The third-order valence-electron chi connectivity index (χ3n) is 6.06. The Hall–Kier alpha value is -4.46.